The standard InChI is InChI=1S/C19H24FN7O/c1-27-10-23-16-17(22-9-11-8-12(20)2-7-15(11)28)25-19(26-18(16)27)24-14-5-3-13(21)4-6-14/h2,7-8,10,13-14,28H,3-6,9,21H2,1H3,(H2,22,24,25,26). The summed E-state index contributed by atoms with van der Waals surface area (Å²) in [6, 6.07) is 4.41. The summed E-state index contributed by atoms with van der Waals surface area (Å²) < 4.78 is 15.3. The summed E-state index contributed by atoms with van der Waals surface area (Å²) in [6.45, 7) is 0.212. The fraction of sp³-hybridized carbons (Fsp3) is 0.421. The van der Waals surface area contributed by atoms with Gasteiger partial charge in [0, 0.05) is 31.2 Å². The van der Waals surface area contributed by atoms with Gasteiger partial charge in [0.1, 0.15) is 11.6 Å². The number of anilines is 2. The molecule has 4 rings (SSSR count). The quantitative estimate of drug-likeness (QED) is 0.533. The van der Waals surface area contributed by atoms with Gasteiger partial charge in [-0.05, 0) is 43.9 Å². The Balaban J connectivity index is 1.58. The van der Waals surface area contributed by atoms with E-state index in [4.69, 9.17) is 5.73 Å². The molecule has 0 radical (unpaired) electrons. The molecule has 0 atom stereocenters. The van der Waals surface area contributed by atoms with Crippen molar-refractivity contribution in [2.45, 2.75) is 44.3 Å². The Morgan fingerprint density at radius 1 is 1.25 bits per heavy atom. The first-order valence-electron chi connectivity index (χ1n) is 9.42. The second kappa shape index (κ2) is 7.59. The van der Waals surface area contributed by atoms with Crippen LogP contribution in [0.15, 0.2) is 24.5 Å². The number of imidazole rings is 1. The smallest absolute Gasteiger partial charge is 0.227 e. The van der Waals surface area contributed by atoms with Crippen molar-refractivity contribution in [2.24, 2.45) is 12.8 Å². The van der Waals surface area contributed by atoms with Crippen LogP contribution in [0.25, 0.3) is 11.2 Å². The second-order valence-electron chi connectivity index (χ2n) is 7.31. The molecule has 148 valence electrons. The molecule has 3 aromatic rings. The van der Waals surface area contributed by atoms with Gasteiger partial charge in [-0.1, -0.05) is 0 Å². The maximum absolute atomic E-state index is 13.5. The Hall–Kier alpha value is -2.94. The van der Waals surface area contributed by atoms with Crippen molar-refractivity contribution in [3.8, 4) is 5.75 Å². The van der Waals surface area contributed by atoms with Crippen molar-refractivity contribution in [3.05, 3.63) is 35.9 Å². The predicted molar refractivity (Wildman–Crippen MR) is 106 cm³/mol. The maximum Gasteiger partial charge on any atom is 0.227 e. The Kier molecular flexibility index (Phi) is 4.99. The minimum atomic E-state index is -0.405. The molecule has 9 heteroatoms. The first-order valence-corrected chi connectivity index (χ1v) is 9.42. The third-order valence-corrected chi connectivity index (χ3v) is 5.15. The number of nitrogens with zero attached hydrogens (tertiary/aromatic N) is 4. The van der Waals surface area contributed by atoms with E-state index < -0.39 is 5.82 Å². The number of phenols is 1. The van der Waals surface area contributed by atoms with Gasteiger partial charge in [-0.25, -0.2) is 9.37 Å². The topological polar surface area (TPSA) is 114 Å². The summed E-state index contributed by atoms with van der Waals surface area (Å²) in [5.74, 6) is 0.669. The number of hydrogen-bond donors (Lipinski definition) is 4. The number of nitrogens with one attached hydrogen (secondary N) is 2. The van der Waals surface area contributed by atoms with Crippen LogP contribution in [0.1, 0.15) is 31.2 Å². The van der Waals surface area contributed by atoms with E-state index in [0.717, 1.165) is 25.7 Å². The highest BCUT2D eigenvalue weighted by Crippen LogP contribution is 2.25. The fourth-order valence-electron chi connectivity index (χ4n) is 3.52. The van der Waals surface area contributed by atoms with E-state index in [0.29, 0.717) is 28.5 Å². The molecule has 1 aliphatic carbocycles. The number of nitrogens with two attached hydrogens (primary N) is 1. The predicted octanol–water partition coefficient (Wildman–Crippen LogP) is 2.50. The summed E-state index contributed by atoms with van der Waals surface area (Å²) in [6.07, 6.45) is 5.60. The van der Waals surface area contributed by atoms with Crippen LogP contribution < -0.4 is 16.4 Å². The zero-order valence-electron chi connectivity index (χ0n) is 15.7. The van der Waals surface area contributed by atoms with Crippen LogP contribution in [0.4, 0.5) is 16.2 Å². The Labute approximate surface area is 162 Å². The molecule has 0 aliphatic heterocycles. The highest BCUT2D eigenvalue weighted by Gasteiger charge is 2.20. The van der Waals surface area contributed by atoms with Gasteiger partial charge in [0.15, 0.2) is 17.0 Å². The summed E-state index contributed by atoms with van der Waals surface area (Å²) in [5.41, 5.74) is 7.74. The maximum atomic E-state index is 13.5. The molecule has 2 heterocycles. The zero-order chi connectivity index (χ0) is 19.7. The molecule has 0 amide bonds. The van der Waals surface area contributed by atoms with Crippen molar-refractivity contribution < 1.29 is 9.50 Å². The molecule has 1 aliphatic rings. The minimum absolute atomic E-state index is 0.0251. The molecule has 2 aromatic heterocycles. The van der Waals surface area contributed by atoms with Gasteiger partial charge >= 0.3 is 0 Å². The van der Waals surface area contributed by atoms with Crippen LogP contribution in [0.5, 0.6) is 5.75 Å². The Morgan fingerprint density at radius 3 is 2.82 bits per heavy atom. The summed E-state index contributed by atoms with van der Waals surface area (Å²) in [7, 11) is 1.87. The number of benzene rings is 1. The normalized spacial score (nSPS) is 19.7. The van der Waals surface area contributed by atoms with Gasteiger partial charge in [0.05, 0.1) is 6.33 Å². The van der Waals surface area contributed by atoms with Crippen LogP contribution in [0.2, 0.25) is 0 Å². The number of aromatic nitrogens is 4. The average Bonchev–Trinajstić information content (AvgIpc) is 3.05. The number of phenolic OH excluding ortho intramolecular Hbond substituents is 1. The third kappa shape index (κ3) is 3.84. The highest BCUT2D eigenvalue weighted by molar-refractivity contribution is 5.84. The third-order valence-electron chi connectivity index (χ3n) is 5.15. The molecule has 1 saturated carbocycles. The van der Waals surface area contributed by atoms with E-state index in [2.05, 4.69) is 25.6 Å². The highest BCUT2D eigenvalue weighted by atomic mass is 19.1. The molecule has 28 heavy (non-hydrogen) atoms. The van der Waals surface area contributed by atoms with Gasteiger partial charge in [-0.3, -0.25) is 0 Å². The van der Waals surface area contributed by atoms with E-state index in [1.807, 2.05) is 11.6 Å². The molecule has 0 saturated heterocycles. The van der Waals surface area contributed by atoms with E-state index in [1.54, 1.807) is 6.33 Å². The first-order chi connectivity index (χ1) is 13.5. The Morgan fingerprint density at radius 2 is 2.04 bits per heavy atom. The number of halogens is 1. The molecule has 0 spiro atoms. The van der Waals surface area contributed by atoms with Gasteiger partial charge in [0.2, 0.25) is 5.95 Å². The van der Waals surface area contributed by atoms with Crippen LogP contribution >= 0.6 is 0 Å². The summed E-state index contributed by atoms with van der Waals surface area (Å²) >= 11 is 0. The number of aryl methyl sites for hydroxylation is 1. The van der Waals surface area contributed by atoms with E-state index in [-0.39, 0.29) is 24.4 Å². The van der Waals surface area contributed by atoms with Crippen LogP contribution in [0.3, 0.4) is 0 Å². The lowest BCUT2D eigenvalue weighted by molar-refractivity contribution is 0.410. The number of aromatic hydroxyl groups is 1. The number of fused-ring (bicyclic) bond motifs is 1. The number of rotatable bonds is 5. The van der Waals surface area contributed by atoms with Crippen LogP contribution in [0, 0.1) is 5.82 Å². The number of hydrogen-bond acceptors (Lipinski definition) is 7. The fourth-order valence-corrected chi connectivity index (χ4v) is 3.52. The molecule has 1 fully saturated rings. The van der Waals surface area contributed by atoms with E-state index >= 15 is 0 Å². The zero-order valence-corrected chi connectivity index (χ0v) is 15.7. The molecule has 5 N–H and O–H groups in total. The van der Waals surface area contributed by atoms with Crippen molar-refractivity contribution in [1.82, 2.24) is 19.5 Å². The average molecular weight is 385 g/mol. The van der Waals surface area contributed by atoms with Gasteiger partial charge in [0.25, 0.3) is 0 Å². The van der Waals surface area contributed by atoms with Crippen molar-refractivity contribution in [3.63, 3.8) is 0 Å². The van der Waals surface area contributed by atoms with Crippen LogP contribution in [-0.2, 0) is 13.6 Å². The van der Waals surface area contributed by atoms with E-state index in [1.165, 1.54) is 18.2 Å². The lowest BCUT2D eigenvalue weighted by Crippen LogP contribution is -2.33. The first kappa shape index (κ1) is 18.4. The van der Waals surface area contributed by atoms with Crippen molar-refractivity contribution >= 4 is 22.9 Å². The lowest BCUT2D eigenvalue weighted by atomic mass is 9.92. The summed E-state index contributed by atoms with van der Waals surface area (Å²) in [4.78, 5) is 13.5. The molecular formula is C19H24FN7O. The molecule has 1 aromatic carbocycles. The van der Waals surface area contributed by atoms with Gasteiger partial charge < -0.3 is 26.0 Å². The second-order valence-corrected chi connectivity index (χ2v) is 7.31. The SMILES string of the molecule is Cn1cnc2c(NCc3cc(F)ccc3O)nc(NC3CCC(N)CC3)nc21. The van der Waals surface area contributed by atoms with Crippen LogP contribution in [-0.4, -0.2) is 36.7 Å². The van der Waals surface area contributed by atoms with Crippen molar-refractivity contribution in [1.29, 1.82) is 0 Å². The molecular weight excluding hydrogens is 361 g/mol. The monoisotopic (exact) mass is 385 g/mol. The van der Waals surface area contributed by atoms with Gasteiger partial charge in [-0.15, -0.1) is 0 Å². The lowest BCUT2D eigenvalue weighted by Gasteiger charge is -2.26. The largest absolute Gasteiger partial charge is 0.508 e. The summed E-state index contributed by atoms with van der Waals surface area (Å²) in [5, 5.41) is 16.5. The molecule has 0 unspecified atom stereocenters. The molecule has 0 bridgehead atoms. The van der Waals surface area contributed by atoms with Crippen molar-refractivity contribution in [2.75, 3.05) is 10.6 Å². The van der Waals surface area contributed by atoms with Gasteiger partial charge in [-0.2, -0.15) is 9.97 Å². The minimum Gasteiger partial charge on any atom is -0.508 e. The Bertz CT molecular complexity index is 982. The molecule has 8 nitrogen and oxygen atoms in total. The van der Waals surface area contributed by atoms with E-state index in [9.17, 15) is 9.50 Å².